The minimum Gasteiger partial charge on any atom is -0.455 e. The van der Waals surface area contributed by atoms with Crippen LogP contribution < -0.4 is 4.74 Å². The fourth-order valence-electron chi connectivity index (χ4n) is 1.43. The predicted octanol–water partition coefficient (Wildman–Crippen LogP) is 4.57. The zero-order valence-corrected chi connectivity index (χ0v) is 10.8. The van der Waals surface area contributed by atoms with Crippen LogP contribution in [-0.2, 0) is 5.88 Å². The number of benzene rings is 1. The van der Waals surface area contributed by atoms with E-state index in [1.807, 2.05) is 25.1 Å². The summed E-state index contributed by atoms with van der Waals surface area (Å²) in [5, 5.41) is 0.621. The van der Waals surface area contributed by atoms with E-state index in [-0.39, 0.29) is 0 Å². The summed E-state index contributed by atoms with van der Waals surface area (Å²) in [5.41, 5.74) is 1.73. The summed E-state index contributed by atoms with van der Waals surface area (Å²) >= 11 is 11.8. The van der Waals surface area contributed by atoms with E-state index in [0.717, 1.165) is 11.3 Å². The molecule has 0 unspecified atom stereocenters. The topological polar surface area (TPSA) is 22.1 Å². The zero-order chi connectivity index (χ0) is 12.3. The number of pyridine rings is 1. The summed E-state index contributed by atoms with van der Waals surface area (Å²) in [7, 11) is 0. The lowest BCUT2D eigenvalue weighted by Gasteiger charge is -2.11. The van der Waals surface area contributed by atoms with Crippen molar-refractivity contribution in [2.24, 2.45) is 0 Å². The zero-order valence-electron chi connectivity index (χ0n) is 9.28. The molecule has 0 saturated heterocycles. The average molecular weight is 268 g/mol. The highest BCUT2D eigenvalue weighted by molar-refractivity contribution is 6.30. The van der Waals surface area contributed by atoms with E-state index in [4.69, 9.17) is 27.9 Å². The number of halogens is 2. The average Bonchev–Trinajstić information content (AvgIpc) is 2.32. The van der Waals surface area contributed by atoms with Crippen molar-refractivity contribution in [1.82, 2.24) is 4.98 Å². The number of aromatic nitrogens is 1. The molecule has 0 atom stereocenters. The van der Waals surface area contributed by atoms with E-state index in [1.165, 1.54) is 0 Å². The lowest BCUT2D eigenvalue weighted by Crippen LogP contribution is -1.93. The van der Waals surface area contributed by atoms with Crippen LogP contribution in [0.3, 0.4) is 0 Å². The van der Waals surface area contributed by atoms with E-state index < -0.39 is 0 Å². The number of ether oxygens (including phenoxy) is 1. The van der Waals surface area contributed by atoms with Crippen molar-refractivity contribution in [3.63, 3.8) is 0 Å². The molecular formula is C13H11Cl2NO. The molecule has 0 aliphatic carbocycles. The predicted molar refractivity (Wildman–Crippen MR) is 70.1 cm³/mol. The van der Waals surface area contributed by atoms with E-state index in [2.05, 4.69) is 4.98 Å². The molecule has 1 aromatic heterocycles. The third-order valence-electron chi connectivity index (χ3n) is 2.35. The lowest BCUT2D eigenvalue weighted by molar-refractivity contribution is 0.471. The summed E-state index contributed by atoms with van der Waals surface area (Å²) in [6, 6.07) is 9.10. The molecule has 2 rings (SSSR count). The van der Waals surface area contributed by atoms with Crippen molar-refractivity contribution in [2.45, 2.75) is 12.8 Å². The lowest BCUT2D eigenvalue weighted by atomic mass is 10.2. The highest BCUT2D eigenvalue weighted by Crippen LogP contribution is 2.30. The maximum atomic E-state index is 5.94. The van der Waals surface area contributed by atoms with Crippen LogP contribution in [0.2, 0.25) is 5.02 Å². The first-order valence-electron chi connectivity index (χ1n) is 5.14. The van der Waals surface area contributed by atoms with Crippen molar-refractivity contribution >= 4 is 23.2 Å². The Balaban J connectivity index is 2.35. The molecular weight excluding hydrogens is 257 g/mol. The van der Waals surface area contributed by atoms with Crippen LogP contribution >= 0.6 is 23.2 Å². The van der Waals surface area contributed by atoms with Gasteiger partial charge in [-0.2, -0.15) is 0 Å². The van der Waals surface area contributed by atoms with Crippen LogP contribution in [0, 0.1) is 6.92 Å². The SMILES string of the molecule is Cc1ncccc1Oc1cc(Cl)ccc1CCl. The number of nitrogens with zero attached hydrogens (tertiary/aromatic N) is 1. The van der Waals surface area contributed by atoms with Crippen molar-refractivity contribution in [3.05, 3.63) is 52.8 Å². The number of alkyl halides is 1. The van der Waals surface area contributed by atoms with Crippen molar-refractivity contribution in [1.29, 1.82) is 0 Å². The van der Waals surface area contributed by atoms with Gasteiger partial charge in [0.1, 0.15) is 11.5 Å². The van der Waals surface area contributed by atoms with Gasteiger partial charge in [-0.15, -0.1) is 11.6 Å². The van der Waals surface area contributed by atoms with E-state index in [0.29, 0.717) is 22.4 Å². The Hall–Kier alpha value is -1.25. The Kier molecular flexibility index (Phi) is 3.87. The minimum atomic E-state index is 0.381. The van der Waals surface area contributed by atoms with Gasteiger partial charge in [0.2, 0.25) is 0 Å². The fourth-order valence-corrected chi connectivity index (χ4v) is 1.81. The molecule has 2 nitrogen and oxygen atoms in total. The molecule has 0 aliphatic rings. The quantitative estimate of drug-likeness (QED) is 0.760. The molecule has 2 aromatic rings. The monoisotopic (exact) mass is 267 g/mol. The van der Waals surface area contributed by atoms with Crippen LogP contribution in [0.15, 0.2) is 36.5 Å². The third-order valence-corrected chi connectivity index (χ3v) is 2.87. The van der Waals surface area contributed by atoms with E-state index in [1.54, 1.807) is 18.3 Å². The molecule has 88 valence electrons. The van der Waals surface area contributed by atoms with Gasteiger partial charge in [0.15, 0.2) is 0 Å². The number of rotatable bonds is 3. The van der Waals surface area contributed by atoms with Crippen LogP contribution in [0.25, 0.3) is 0 Å². The molecule has 4 heteroatoms. The standard InChI is InChI=1S/C13H11Cl2NO/c1-9-12(3-2-6-16-9)17-13-7-11(15)5-4-10(13)8-14/h2-7H,8H2,1H3. The van der Waals surface area contributed by atoms with Crippen molar-refractivity contribution in [2.75, 3.05) is 0 Å². The van der Waals surface area contributed by atoms with Gasteiger partial charge in [0.05, 0.1) is 11.6 Å². The number of aryl methyl sites for hydroxylation is 1. The molecule has 0 saturated carbocycles. The molecule has 0 radical (unpaired) electrons. The molecule has 0 amide bonds. The smallest absolute Gasteiger partial charge is 0.148 e. The Morgan fingerprint density at radius 3 is 2.76 bits per heavy atom. The van der Waals surface area contributed by atoms with Gasteiger partial charge < -0.3 is 4.74 Å². The molecule has 0 aliphatic heterocycles. The third kappa shape index (κ3) is 2.90. The summed E-state index contributed by atoms with van der Waals surface area (Å²) < 4.78 is 5.78. The summed E-state index contributed by atoms with van der Waals surface area (Å²) in [6.07, 6.45) is 1.72. The summed E-state index contributed by atoms with van der Waals surface area (Å²) in [5.74, 6) is 1.76. The first-order valence-corrected chi connectivity index (χ1v) is 6.06. The Morgan fingerprint density at radius 1 is 1.24 bits per heavy atom. The molecule has 0 spiro atoms. The van der Waals surface area contributed by atoms with Crippen LogP contribution in [-0.4, -0.2) is 4.98 Å². The van der Waals surface area contributed by atoms with Gasteiger partial charge in [-0.25, -0.2) is 0 Å². The Labute approximate surface area is 110 Å². The maximum absolute atomic E-state index is 5.94. The maximum Gasteiger partial charge on any atom is 0.148 e. The van der Waals surface area contributed by atoms with Crippen LogP contribution in [0.1, 0.15) is 11.3 Å². The van der Waals surface area contributed by atoms with Gasteiger partial charge in [-0.05, 0) is 31.2 Å². The van der Waals surface area contributed by atoms with Gasteiger partial charge in [0, 0.05) is 16.8 Å². The van der Waals surface area contributed by atoms with Crippen LogP contribution in [0.5, 0.6) is 11.5 Å². The summed E-state index contributed by atoms with van der Waals surface area (Å²) in [6.45, 7) is 1.89. The van der Waals surface area contributed by atoms with Crippen molar-refractivity contribution in [3.8, 4) is 11.5 Å². The van der Waals surface area contributed by atoms with Gasteiger partial charge >= 0.3 is 0 Å². The minimum absolute atomic E-state index is 0.381. The normalized spacial score (nSPS) is 10.3. The fraction of sp³-hybridized carbons (Fsp3) is 0.154. The Bertz CT molecular complexity index is 529. The van der Waals surface area contributed by atoms with E-state index >= 15 is 0 Å². The number of hydrogen-bond donors (Lipinski definition) is 0. The molecule has 1 heterocycles. The van der Waals surface area contributed by atoms with Crippen molar-refractivity contribution < 1.29 is 4.74 Å². The van der Waals surface area contributed by atoms with Gasteiger partial charge in [-0.1, -0.05) is 17.7 Å². The second kappa shape index (κ2) is 5.39. The first kappa shape index (κ1) is 12.2. The van der Waals surface area contributed by atoms with Gasteiger partial charge in [0.25, 0.3) is 0 Å². The first-order chi connectivity index (χ1) is 8.20. The van der Waals surface area contributed by atoms with E-state index in [9.17, 15) is 0 Å². The molecule has 0 bridgehead atoms. The Morgan fingerprint density at radius 2 is 2.06 bits per heavy atom. The number of hydrogen-bond acceptors (Lipinski definition) is 2. The highest BCUT2D eigenvalue weighted by Gasteiger charge is 2.07. The molecule has 0 fully saturated rings. The summed E-state index contributed by atoms with van der Waals surface area (Å²) in [4.78, 5) is 4.16. The highest BCUT2D eigenvalue weighted by atomic mass is 35.5. The molecule has 1 aromatic carbocycles. The largest absolute Gasteiger partial charge is 0.455 e. The second-order valence-electron chi connectivity index (χ2n) is 3.57. The van der Waals surface area contributed by atoms with Gasteiger partial charge in [-0.3, -0.25) is 4.98 Å². The van der Waals surface area contributed by atoms with Crippen LogP contribution in [0.4, 0.5) is 0 Å². The second-order valence-corrected chi connectivity index (χ2v) is 4.28. The molecule has 17 heavy (non-hydrogen) atoms. The molecule has 0 N–H and O–H groups in total.